The van der Waals surface area contributed by atoms with Gasteiger partial charge in [-0.15, -0.1) is 0 Å². The summed E-state index contributed by atoms with van der Waals surface area (Å²) in [5, 5.41) is 0. The van der Waals surface area contributed by atoms with Gasteiger partial charge in [-0.05, 0) is 23.4 Å². The first kappa shape index (κ1) is 9.71. The standard InChI is InChI=1S/C8H7NO3S/c1-6-3-4-7(9-2)8(5-6)13(10,11)12/h2-5H,1H3/p+1. The average Bonchev–Trinajstić information content (AvgIpc) is 2.03. The average molecular weight is 198 g/mol. The lowest BCUT2D eigenvalue weighted by molar-refractivity contribution is 0.483. The summed E-state index contributed by atoms with van der Waals surface area (Å²) in [6.45, 7) is 6.65. The predicted molar refractivity (Wildman–Crippen MR) is 49.0 cm³/mol. The van der Waals surface area contributed by atoms with Crippen molar-refractivity contribution in [3.05, 3.63) is 28.6 Å². The van der Waals surface area contributed by atoms with E-state index in [1.54, 1.807) is 13.0 Å². The molecule has 1 rings (SSSR count). The van der Waals surface area contributed by atoms with Gasteiger partial charge < -0.3 is 0 Å². The van der Waals surface area contributed by atoms with Gasteiger partial charge in [-0.25, -0.2) is 0 Å². The molecule has 13 heavy (non-hydrogen) atoms. The molecule has 4 nitrogen and oxygen atoms in total. The molecule has 0 spiro atoms. The van der Waals surface area contributed by atoms with Crippen LogP contribution in [0.3, 0.4) is 0 Å². The summed E-state index contributed by atoms with van der Waals surface area (Å²) in [5.41, 5.74) is 0.758. The maximum atomic E-state index is 10.8. The molecule has 0 radical (unpaired) electrons. The molecule has 1 aromatic carbocycles. The van der Waals surface area contributed by atoms with Crippen molar-refractivity contribution in [3.63, 3.8) is 0 Å². The molecule has 0 heterocycles. The Hall–Kier alpha value is -1.38. The van der Waals surface area contributed by atoms with Crippen molar-refractivity contribution >= 4 is 15.8 Å². The number of aryl methyl sites for hydroxylation is 1. The Morgan fingerprint density at radius 1 is 1.46 bits per heavy atom. The summed E-state index contributed by atoms with van der Waals surface area (Å²) < 4.78 is 30.4. The van der Waals surface area contributed by atoms with Crippen LogP contribution in [-0.2, 0) is 10.1 Å². The van der Waals surface area contributed by atoms with Gasteiger partial charge in [0.1, 0.15) is 0 Å². The van der Waals surface area contributed by atoms with E-state index in [2.05, 4.69) is 4.85 Å². The Bertz CT molecular complexity index is 471. The van der Waals surface area contributed by atoms with Crippen LogP contribution in [0.5, 0.6) is 0 Å². The number of hydrogen-bond donors (Lipinski definition) is 1. The van der Waals surface area contributed by atoms with E-state index in [0.29, 0.717) is 5.56 Å². The number of hydrogen-bond acceptors (Lipinski definition) is 2. The van der Waals surface area contributed by atoms with E-state index < -0.39 is 10.1 Å². The van der Waals surface area contributed by atoms with E-state index in [1.807, 2.05) is 0 Å². The van der Waals surface area contributed by atoms with Crippen LogP contribution in [0, 0.1) is 13.5 Å². The lowest BCUT2D eigenvalue weighted by atomic mass is 10.2. The summed E-state index contributed by atoms with van der Waals surface area (Å²) in [4.78, 5) is 2.97. The Labute approximate surface area is 76.4 Å². The van der Waals surface area contributed by atoms with Crippen molar-refractivity contribution in [2.75, 3.05) is 0 Å². The SMILES string of the molecule is C#[N+]c1ccc(C)cc1S(=O)(=O)O. The van der Waals surface area contributed by atoms with Gasteiger partial charge in [0.2, 0.25) is 0 Å². The van der Waals surface area contributed by atoms with E-state index in [0.717, 1.165) is 0 Å². The molecular formula is C8H8NO3S+. The van der Waals surface area contributed by atoms with Gasteiger partial charge in [-0.3, -0.25) is 4.55 Å². The molecule has 5 heteroatoms. The van der Waals surface area contributed by atoms with Gasteiger partial charge in [0.25, 0.3) is 6.57 Å². The van der Waals surface area contributed by atoms with E-state index >= 15 is 0 Å². The summed E-state index contributed by atoms with van der Waals surface area (Å²) in [6, 6.07) is 4.39. The molecule has 0 atom stereocenters. The molecule has 0 unspecified atom stereocenters. The lowest BCUT2D eigenvalue weighted by Crippen LogP contribution is -1.98. The maximum Gasteiger partial charge on any atom is 0.360 e. The first-order chi connectivity index (χ1) is 5.95. The van der Waals surface area contributed by atoms with Gasteiger partial charge in [-0.2, -0.15) is 8.42 Å². The van der Waals surface area contributed by atoms with Crippen LogP contribution in [0.15, 0.2) is 23.1 Å². The zero-order valence-electron chi connectivity index (χ0n) is 6.93. The van der Waals surface area contributed by atoms with Crippen LogP contribution < -0.4 is 0 Å². The second-order valence-electron chi connectivity index (χ2n) is 2.58. The van der Waals surface area contributed by atoms with Gasteiger partial charge in [0.15, 0.2) is 4.90 Å². The zero-order valence-corrected chi connectivity index (χ0v) is 7.75. The fourth-order valence-electron chi connectivity index (χ4n) is 0.935. The highest BCUT2D eigenvalue weighted by Crippen LogP contribution is 2.24. The van der Waals surface area contributed by atoms with E-state index in [4.69, 9.17) is 11.1 Å². The highest BCUT2D eigenvalue weighted by molar-refractivity contribution is 7.86. The molecule has 0 amide bonds. The third-order valence-electron chi connectivity index (χ3n) is 1.53. The van der Waals surface area contributed by atoms with Gasteiger partial charge >= 0.3 is 15.8 Å². The molecule has 1 aromatic rings. The third-order valence-corrected chi connectivity index (χ3v) is 2.42. The van der Waals surface area contributed by atoms with Crippen LogP contribution in [0.2, 0.25) is 0 Å². The molecule has 0 aromatic heterocycles. The predicted octanol–water partition coefficient (Wildman–Crippen LogP) is 1.84. The van der Waals surface area contributed by atoms with Crippen molar-refractivity contribution in [3.8, 4) is 6.57 Å². The Balaban J connectivity index is 3.53. The highest BCUT2D eigenvalue weighted by atomic mass is 32.2. The van der Waals surface area contributed by atoms with E-state index in [9.17, 15) is 8.42 Å². The number of nitrogens with zero attached hydrogens (tertiary/aromatic N) is 1. The molecule has 0 aliphatic heterocycles. The number of rotatable bonds is 1. The minimum Gasteiger partial charge on any atom is -0.282 e. The first-order valence-electron chi connectivity index (χ1n) is 3.44. The normalized spacial score (nSPS) is 10.8. The molecule has 0 bridgehead atoms. The lowest BCUT2D eigenvalue weighted by Gasteiger charge is -1.95. The van der Waals surface area contributed by atoms with Crippen molar-refractivity contribution in [2.45, 2.75) is 11.8 Å². The molecule has 0 saturated carbocycles. The summed E-state index contributed by atoms with van der Waals surface area (Å²) in [7, 11) is -4.24. The molecular weight excluding hydrogens is 190 g/mol. The molecule has 0 aliphatic carbocycles. The molecule has 0 fully saturated rings. The molecule has 0 aliphatic rings. The minimum absolute atomic E-state index is 0.0492. The first-order valence-corrected chi connectivity index (χ1v) is 4.88. The Kier molecular flexibility index (Phi) is 2.36. The second kappa shape index (κ2) is 3.17. The van der Waals surface area contributed by atoms with Crippen LogP contribution in [0.1, 0.15) is 5.56 Å². The van der Waals surface area contributed by atoms with Crippen molar-refractivity contribution in [1.29, 1.82) is 0 Å². The second-order valence-corrected chi connectivity index (χ2v) is 3.97. The summed E-state index contributed by atoms with van der Waals surface area (Å²) in [5.74, 6) is 0. The Morgan fingerprint density at radius 3 is 2.54 bits per heavy atom. The van der Waals surface area contributed by atoms with Crippen LogP contribution >= 0.6 is 0 Å². The smallest absolute Gasteiger partial charge is 0.282 e. The fraction of sp³-hybridized carbons (Fsp3) is 0.125. The van der Waals surface area contributed by atoms with E-state index in [-0.39, 0.29) is 10.6 Å². The largest absolute Gasteiger partial charge is 0.360 e. The molecule has 1 N–H and O–H groups in total. The van der Waals surface area contributed by atoms with E-state index in [1.165, 1.54) is 12.1 Å². The maximum absolute atomic E-state index is 10.8. The quantitative estimate of drug-likeness (QED) is 0.700. The monoisotopic (exact) mass is 198 g/mol. The highest BCUT2D eigenvalue weighted by Gasteiger charge is 2.21. The van der Waals surface area contributed by atoms with Gasteiger partial charge in [0.05, 0.1) is 0 Å². The van der Waals surface area contributed by atoms with Gasteiger partial charge in [0, 0.05) is 6.07 Å². The summed E-state index contributed by atoms with van der Waals surface area (Å²) >= 11 is 0. The van der Waals surface area contributed by atoms with Gasteiger partial charge in [-0.1, -0.05) is 6.07 Å². The Morgan fingerprint density at radius 2 is 2.08 bits per heavy atom. The minimum atomic E-state index is -4.24. The third kappa shape index (κ3) is 2.05. The van der Waals surface area contributed by atoms with Crippen molar-refractivity contribution in [1.82, 2.24) is 0 Å². The van der Waals surface area contributed by atoms with Crippen LogP contribution in [-0.4, -0.2) is 13.0 Å². The van der Waals surface area contributed by atoms with Crippen molar-refractivity contribution in [2.24, 2.45) is 0 Å². The topological polar surface area (TPSA) is 58.7 Å². The van der Waals surface area contributed by atoms with Crippen LogP contribution in [0.25, 0.3) is 4.85 Å². The van der Waals surface area contributed by atoms with Crippen LogP contribution in [0.4, 0.5) is 5.69 Å². The zero-order chi connectivity index (χ0) is 10.1. The summed E-state index contributed by atoms with van der Waals surface area (Å²) in [6.07, 6.45) is 0. The van der Waals surface area contributed by atoms with Crippen molar-refractivity contribution < 1.29 is 13.0 Å². The molecule has 0 saturated heterocycles. The number of benzene rings is 1. The molecule has 68 valence electrons. The fourth-order valence-corrected chi connectivity index (χ4v) is 1.65.